The first kappa shape index (κ1) is 25.2. The predicted octanol–water partition coefficient (Wildman–Crippen LogP) is 2.47. The van der Waals surface area contributed by atoms with Gasteiger partial charge in [0.2, 0.25) is 5.91 Å². The van der Waals surface area contributed by atoms with Crippen molar-refractivity contribution < 1.29 is 29.3 Å². The number of hydrogen-bond acceptors (Lipinski definition) is 5. The number of nitrogens with zero attached hydrogens (tertiary/aromatic N) is 2. The Morgan fingerprint density at radius 1 is 1.12 bits per heavy atom. The highest BCUT2D eigenvalue weighted by atomic mass is 28.3. The van der Waals surface area contributed by atoms with Gasteiger partial charge in [0.1, 0.15) is 0 Å². The van der Waals surface area contributed by atoms with Crippen LogP contribution in [0.2, 0.25) is 19.6 Å². The van der Waals surface area contributed by atoms with Gasteiger partial charge in [0.15, 0.2) is 6.10 Å². The molecular weight excluding hydrogens is 440 g/mol. The third-order valence-corrected chi connectivity index (χ3v) is 9.15. The molecule has 1 aromatic rings. The van der Waals surface area contributed by atoms with E-state index in [2.05, 4.69) is 19.6 Å². The van der Waals surface area contributed by atoms with Crippen molar-refractivity contribution in [2.45, 2.75) is 78.4 Å². The van der Waals surface area contributed by atoms with Crippen LogP contribution >= 0.6 is 0 Å². The van der Waals surface area contributed by atoms with E-state index < -0.39 is 26.2 Å². The lowest BCUT2D eigenvalue weighted by Gasteiger charge is -2.42. The van der Waals surface area contributed by atoms with Gasteiger partial charge in [-0.25, -0.2) is 9.59 Å². The second-order valence-electron chi connectivity index (χ2n) is 10.1. The minimum Gasteiger partial charge on any atom is -0.465 e. The number of likely N-dealkylation sites (tertiary alicyclic amines) is 1. The maximum Gasteiger partial charge on any atom is 0.407 e. The summed E-state index contributed by atoms with van der Waals surface area (Å²) in [5, 5.41) is 21.2. The van der Waals surface area contributed by atoms with Gasteiger partial charge in [-0.15, -0.1) is 0 Å². The van der Waals surface area contributed by atoms with Crippen LogP contribution in [0.4, 0.5) is 4.79 Å². The number of esters is 1. The minimum absolute atomic E-state index is 0.0103. The van der Waals surface area contributed by atoms with E-state index in [9.17, 15) is 24.6 Å². The maximum atomic E-state index is 13.2. The highest BCUT2D eigenvalue weighted by molar-refractivity contribution is 6.89. The van der Waals surface area contributed by atoms with Crippen LogP contribution in [-0.2, 0) is 27.3 Å². The van der Waals surface area contributed by atoms with Gasteiger partial charge in [0.05, 0.1) is 21.1 Å². The zero-order valence-corrected chi connectivity index (χ0v) is 21.5. The molecule has 0 spiro atoms. The summed E-state index contributed by atoms with van der Waals surface area (Å²) in [5.41, 5.74) is 4.47. The molecule has 2 N–H and O–H groups in total. The number of carbonyl (C=O) groups is 3. The van der Waals surface area contributed by atoms with Crippen molar-refractivity contribution in [1.82, 2.24) is 9.80 Å². The second kappa shape index (κ2) is 9.46. The molecular formula is C24H36N2O6Si. The van der Waals surface area contributed by atoms with Crippen molar-refractivity contribution >= 4 is 31.2 Å². The Labute approximate surface area is 196 Å². The number of fused-ring (bicyclic) bond motifs is 1. The summed E-state index contributed by atoms with van der Waals surface area (Å²) >= 11 is 0. The Hall–Kier alpha value is -2.39. The fourth-order valence-electron chi connectivity index (χ4n) is 5.47. The molecule has 1 saturated heterocycles. The number of rotatable bonds is 5. The smallest absolute Gasteiger partial charge is 0.407 e. The number of piperidine rings is 1. The molecule has 0 saturated carbocycles. The molecule has 1 fully saturated rings. The number of carbonyl (C=O) groups excluding carboxylic acids is 2. The monoisotopic (exact) mass is 476 g/mol. The molecule has 0 radical (unpaired) electrons. The largest absolute Gasteiger partial charge is 0.465 e. The van der Waals surface area contributed by atoms with Crippen molar-refractivity contribution in [3.8, 4) is 0 Å². The first-order valence-electron chi connectivity index (χ1n) is 11.7. The summed E-state index contributed by atoms with van der Waals surface area (Å²) in [6.45, 7) is 13.7. The van der Waals surface area contributed by atoms with Crippen LogP contribution in [0.25, 0.3) is 0 Å². The molecule has 2 aliphatic heterocycles. The van der Waals surface area contributed by atoms with E-state index in [1.807, 2.05) is 18.7 Å². The SMILES string of the molecule is CCOC(=O)[C@@H](O)c1c(C)c2c(c(C)c1[Si](C)(C)C)CN(C1CCN(C(=O)O)CC1)C(=O)C2. The lowest BCUT2D eigenvalue weighted by Crippen LogP contribution is -2.51. The summed E-state index contributed by atoms with van der Waals surface area (Å²) in [6, 6.07) is 0.0149. The maximum absolute atomic E-state index is 13.2. The highest BCUT2D eigenvalue weighted by Gasteiger charge is 2.38. The second-order valence-corrected chi connectivity index (χ2v) is 15.1. The van der Waals surface area contributed by atoms with Crippen LogP contribution in [0.3, 0.4) is 0 Å². The Morgan fingerprint density at radius 2 is 1.73 bits per heavy atom. The molecule has 0 aliphatic carbocycles. The first-order valence-corrected chi connectivity index (χ1v) is 15.2. The molecule has 3 rings (SSSR count). The topological polar surface area (TPSA) is 107 Å². The molecule has 0 aromatic heterocycles. The molecule has 8 nitrogen and oxygen atoms in total. The lowest BCUT2D eigenvalue weighted by molar-refractivity contribution is -0.153. The van der Waals surface area contributed by atoms with E-state index in [4.69, 9.17) is 4.74 Å². The minimum atomic E-state index is -1.99. The van der Waals surface area contributed by atoms with Gasteiger partial charge in [-0.1, -0.05) is 24.8 Å². The standard InChI is InChI=1S/C24H36N2O6Si/c1-7-32-23(29)21(28)20-14(2)17-12-19(27)26(16-8-10-25(11-9-16)24(30)31)13-18(17)15(3)22(20)33(4,5)6/h16,21,28H,7-13H2,1-6H3,(H,30,31)/t21-/m0/s1. The molecule has 2 aliphatic rings. The van der Waals surface area contributed by atoms with Crippen molar-refractivity contribution in [3.05, 3.63) is 27.8 Å². The number of carboxylic acid groups (broad SMARTS) is 1. The van der Waals surface area contributed by atoms with Gasteiger partial charge in [0.25, 0.3) is 0 Å². The quantitative estimate of drug-likeness (QED) is 0.499. The summed E-state index contributed by atoms with van der Waals surface area (Å²) in [4.78, 5) is 40.2. The predicted molar refractivity (Wildman–Crippen MR) is 127 cm³/mol. The third-order valence-electron chi connectivity index (χ3n) is 7.00. The third kappa shape index (κ3) is 4.79. The van der Waals surface area contributed by atoms with Crippen LogP contribution in [0.15, 0.2) is 0 Å². The van der Waals surface area contributed by atoms with Crippen LogP contribution in [0, 0.1) is 13.8 Å². The molecule has 0 unspecified atom stereocenters. The Kier molecular flexibility index (Phi) is 7.23. The average molecular weight is 477 g/mol. The summed E-state index contributed by atoms with van der Waals surface area (Å²) in [5.74, 6) is -0.649. The van der Waals surface area contributed by atoms with E-state index in [1.54, 1.807) is 6.92 Å². The number of benzene rings is 1. The molecule has 33 heavy (non-hydrogen) atoms. The van der Waals surface area contributed by atoms with Crippen LogP contribution in [0.5, 0.6) is 0 Å². The average Bonchev–Trinajstić information content (AvgIpc) is 2.74. The Balaban J connectivity index is 2.04. The molecule has 9 heteroatoms. The number of aliphatic hydroxyl groups is 1. The van der Waals surface area contributed by atoms with Crippen molar-refractivity contribution in [2.75, 3.05) is 19.7 Å². The summed E-state index contributed by atoms with van der Waals surface area (Å²) in [7, 11) is -1.99. The van der Waals surface area contributed by atoms with Gasteiger partial charge in [-0.3, -0.25) is 4.79 Å². The number of aliphatic hydroxyl groups excluding tert-OH is 1. The van der Waals surface area contributed by atoms with E-state index in [1.165, 1.54) is 4.90 Å². The molecule has 182 valence electrons. The van der Waals surface area contributed by atoms with Crippen LogP contribution < -0.4 is 5.19 Å². The van der Waals surface area contributed by atoms with Crippen molar-refractivity contribution in [3.63, 3.8) is 0 Å². The van der Waals surface area contributed by atoms with Gasteiger partial charge in [-0.2, -0.15) is 0 Å². The molecule has 1 aromatic carbocycles. The zero-order chi connectivity index (χ0) is 24.7. The normalized spacial score (nSPS) is 18.2. The fourth-order valence-corrected chi connectivity index (χ4v) is 7.88. The van der Waals surface area contributed by atoms with E-state index >= 15 is 0 Å². The van der Waals surface area contributed by atoms with Gasteiger partial charge in [-0.05, 0) is 61.4 Å². The summed E-state index contributed by atoms with van der Waals surface area (Å²) in [6.07, 6.45) is -0.806. The van der Waals surface area contributed by atoms with Crippen LogP contribution in [-0.4, -0.2) is 71.8 Å². The Bertz CT molecular complexity index is 963. The molecule has 2 amide bonds. The van der Waals surface area contributed by atoms with E-state index in [0.29, 0.717) is 38.0 Å². The lowest BCUT2D eigenvalue weighted by atomic mass is 9.85. The molecule has 0 bridgehead atoms. The van der Waals surface area contributed by atoms with E-state index in [0.717, 1.165) is 27.4 Å². The van der Waals surface area contributed by atoms with Gasteiger partial charge in [0, 0.05) is 25.7 Å². The number of ether oxygens (including phenoxy) is 1. The first-order chi connectivity index (χ1) is 15.4. The highest BCUT2D eigenvalue weighted by Crippen LogP contribution is 2.34. The zero-order valence-electron chi connectivity index (χ0n) is 20.5. The fraction of sp³-hybridized carbons (Fsp3) is 0.625. The van der Waals surface area contributed by atoms with Crippen LogP contribution in [0.1, 0.15) is 53.7 Å². The molecule has 1 atom stereocenters. The van der Waals surface area contributed by atoms with Crippen molar-refractivity contribution in [1.29, 1.82) is 0 Å². The van der Waals surface area contributed by atoms with Crippen molar-refractivity contribution in [2.24, 2.45) is 0 Å². The summed E-state index contributed by atoms with van der Waals surface area (Å²) < 4.78 is 5.11. The van der Waals surface area contributed by atoms with Gasteiger partial charge < -0.3 is 24.7 Å². The Morgan fingerprint density at radius 3 is 2.24 bits per heavy atom. The number of amides is 2. The van der Waals surface area contributed by atoms with Gasteiger partial charge >= 0.3 is 12.1 Å². The van der Waals surface area contributed by atoms with E-state index in [-0.39, 0.29) is 25.0 Å². The molecule has 2 heterocycles. The number of hydrogen-bond donors (Lipinski definition) is 2.